The Morgan fingerprint density at radius 1 is 0.250 bits per heavy atom. The van der Waals surface area contributed by atoms with Crippen LogP contribution in [0.25, 0.3) is 73.9 Å². The third kappa shape index (κ3) is 7.57. The normalized spacial score (nSPS) is 11.9. The molecule has 14 aromatic rings. The number of aromatic nitrogens is 1. The minimum atomic E-state index is -2.91. The molecular formula is C71H49NS2Si2. The van der Waals surface area contributed by atoms with Crippen molar-refractivity contribution in [3.63, 3.8) is 0 Å². The van der Waals surface area contributed by atoms with Crippen molar-refractivity contribution in [2.24, 2.45) is 0 Å². The Kier molecular flexibility index (Phi) is 11.7. The molecule has 0 unspecified atom stereocenters. The van der Waals surface area contributed by atoms with E-state index in [1.807, 2.05) is 28.9 Å². The number of rotatable bonds is 11. The Hall–Kier alpha value is -8.56. The summed E-state index contributed by atoms with van der Waals surface area (Å²) in [5.74, 6) is 0. The molecule has 0 fully saturated rings. The smallest absolute Gasteiger partial charge is 0.179 e. The fourth-order valence-corrected chi connectivity index (χ4v) is 24.2. The highest BCUT2D eigenvalue weighted by Crippen LogP contribution is 2.41. The monoisotopic (exact) mass is 1040 g/mol. The lowest BCUT2D eigenvalue weighted by Crippen LogP contribution is -2.74. The van der Waals surface area contributed by atoms with Gasteiger partial charge < -0.3 is 0 Å². The summed E-state index contributed by atoms with van der Waals surface area (Å²) in [6.07, 6.45) is 1.98. The number of fused-ring (bicyclic) bond motifs is 6. The summed E-state index contributed by atoms with van der Waals surface area (Å²) in [4.78, 5) is 5.09. The third-order valence-electron chi connectivity index (χ3n) is 15.7. The zero-order valence-corrected chi connectivity index (χ0v) is 45.2. The van der Waals surface area contributed by atoms with Crippen molar-refractivity contribution in [3.8, 4) is 33.5 Å². The van der Waals surface area contributed by atoms with Crippen LogP contribution in [0.3, 0.4) is 0 Å². The van der Waals surface area contributed by atoms with Gasteiger partial charge in [-0.1, -0.05) is 273 Å². The number of pyridine rings is 1. The zero-order valence-electron chi connectivity index (χ0n) is 41.6. The van der Waals surface area contributed by atoms with Crippen LogP contribution in [0.15, 0.2) is 297 Å². The second-order valence-electron chi connectivity index (χ2n) is 19.7. The van der Waals surface area contributed by atoms with Gasteiger partial charge in [0.2, 0.25) is 0 Å². The lowest BCUT2D eigenvalue weighted by atomic mass is 10.0. The van der Waals surface area contributed by atoms with Gasteiger partial charge >= 0.3 is 0 Å². The number of benzene rings is 11. The molecule has 358 valence electrons. The first kappa shape index (κ1) is 46.0. The first-order valence-electron chi connectivity index (χ1n) is 26.0. The Morgan fingerprint density at radius 3 is 1.12 bits per heavy atom. The molecular weight excluding hydrogens is 987 g/mol. The van der Waals surface area contributed by atoms with Crippen molar-refractivity contribution < 1.29 is 0 Å². The molecule has 0 saturated heterocycles. The second kappa shape index (κ2) is 19.3. The maximum absolute atomic E-state index is 5.09. The van der Waals surface area contributed by atoms with Gasteiger partial charge in [-0.15, -0.1) is 22.7 Å². The van der Waals surface area contributed by atoms with E-state index in [0.29, 0.717) is 0 Å². The van der Waals surface area contributed by atoms with Gasteiger partial charge in [-0.3, -0.25) is 4.98 Å². The maximum atomic E-state index is 5.09. The molecule has 11 aromatic carbocycles. The standard InChI is InChI=1S/C71H49NS2Si2/c1-5-22-54(23-6-1)75(55-24-7-2-8-25-55,60-30-17-20-52(48-60)62-34-19-35-65-63-32-13-15-36-67(63)73-70(62)65)58-42-38-50(39-43-58)51-40-44-59(45-41-51)76(56-26-9-3-10-27-56,57-28-11-4-12-29-57)61-31-18-21-53(49-61)69-71-66(46-47-72-69)64-33-14-16-37-68(64)74-71/h1-49H. The van der Waals surface area contributed by atoms with Gasteiger partial charge in [0.25, 0.3) is 0 Å². The van der Waals surface area contributed by atoms with Gasteiger partial charge in [-0.05, 0) is 81.9 Å². The van der Waals surface area contributed by atoms with Crippen LogP contribution >= 0.6 is 22.7 Å². The molecule has 14 rings (SSSR count). The Balaban J connectivity index is 0.897. The minimum absolute atomic E-state index is 1.03. The van der Waals surface area contributed by atoms with Crippen molar-refractivity contribution in [2.45, 2.75) is 0 Å². The van der Waals surface area contributed by atoms with Crippen LogP contribution < -0.4 is 41.5 Å². The van der Waals surface area contributed by atoms with Crippen LogP contribution in [0.1, 0.15) is 0 Å². The van der Waals surface area contributed by atoms with Crippen molar-refractivity contribution in [2.75, 3.05) is 0 Å². The molecule has 0 amide bonds. The summed E-state index contributed by atoms with van der Waals surface area (Å²) in [6, 6.07) is 109. The summed E-state index contributed by atoms with van der Waals surface area (Å²) < 4.78 is 5.17. The van der Waals surface area contributed by atoms with E-state index in [1.165, 1.54) is 104 Å². The summed E-state index contributed by atoms with van der Waals surface area (Å²) in [5, 5.41) is 16.0. The van der Waals surface area contributed by atoms with Crippen LogP contribution in [0, 0.1) is 0 Å². The highest BCUT2D eigenvalue weighted by atomic mass is 32.1. The predicted octanol–water partition coefficient (Wildman–Crippen LogP) is 13.6. The fourth-order valence-electron chi connectivity index (χ4n) is 12.2. The molecule has 0 aliphatic carbocycles. The molecule has 0 saturated carbocycles. The van der Waals surface area contributed by atoms with E-state index in [9.17, 15) is 0 Å². The van der Waals surface area contributed by atoms with Gasteiger partial charge in [0.15, 0.2) is 16.1 Å². The first-order chi connectivity index (χ1) is 37.7. The average Bonchev–Trinajstić information content (AvgIpc) is 4.10. The number of nitrogens with zero attached hydrogens (tertiary/aromatic N) is 1. The van der Waals surface area contributed by atoms with E-state index in [2.05, 4.69) is 291 Å². The molecule has 3 aromatic heterocycles. The van der Waals surface area contributed by atoms with E-state index in [0.717, 1.165) is 11.3 Å². The predicted molar refractivity (Wildman–Crippen MR) is 334 cm³/mol. The molecule has 0 atom stereocenters. The number of hydrogen-bond donors (Lipinski definition) is 0. The van der Waals surface area contributed by atoms with Gasteiger partial charge in [0, 0.05) is 47.4 Å². The first-order valence-corrected chi connectivity index (χ1v) is 31.6. The van der Waals surface area contributed by atoms with E-state index >= 15 is 0 Å². The van der Waals surface area contributed by atoms with Crippen LogP contribution in [0.2, 0.25) is 0 Å². The van der Waals surface area contributed by atoms with Crippen molar-refractivity contribution in [1.29, 1.82) is 0 Å². The van der Waals surface area contributed by atoms with E-state index in [1.54, 1.807) is 0 Å². The second-order valence-corrected chi connectivity index (χ2v) is 29.4. The summed E-state index contributed by atoms with van der Waals surface area (Å²) in [5.41, 5.74) is 7.09. The maximum Gasteiger partial charge on any atom is 0.179 e. The molecule has 0 bridgehead atoms. The van der Waals surface area contributed by atoms with Gasteiger partial charge in [0.05, 0.1) is 10.4 Å². The van der Waals surface area contributed by atoms with E-state index in [-0.39, 0.29) is 0 Å². The quantitative estimate of drug-likeness (QED) is 0.0929. The van der Waals surface area contributed by atoms with Gasteiger partial charge in [-0.25, -0.2) is 0 Å². The molecule has 0 N–H and O–H groups in total. The molecule has 1 nitrogen and oxygen atoms in total. The van der Waals surface area contributed by atoms with Crippen LogP contribution in [0.5, 0.6) is 0 Å². The summed E-state index contributed by atoms with van der Waals surface area (Å²) in [6.45, 7) is 0. The molecule has 0 aliphatic heterocycles. The van der Waals surface area contributed by atoms with Crippen molar-refractivity contribution in [3.05, 3.63) is 297 Å². The SMILES string of the molecule is c1ccc([Si](c2ccccc2)(c2ccc(-c3ccc([Si](c4ccccc4)(c4ccccc4)c4cccc(-c5nccc6c5sc5ccccc56)c4)cc3)cc2)c2cccc(-c3cccc4c3sc3ccccc34)c2)cc1. The van der Waals surface area contributed by atoms with E-state index < -0.39 is 16.1 Å². The highest BCUT2D eigenvalue weighted by Gasteiger charge is 2.43. The summed E-state index contributed by atoms with van der Waals surface area (Å²) >= 11 is 3.73. The van der Waals surface area contributed by atoms with Crippen molar-refractivity contribution in [1.82, 2.24) is 4.98 Å². The Labute approximate surface area is 453 Å². The highest BCUT2D eigenvalue weighted by molar-refractivity contribution is 7.27. The molecule has 3 heterocycles. The third-order valence-corrected chi connectivity index (χ3v) is 27.6. The van der Waals surface area contributed by atoms with Crippen molar-refractivity contribution >= 4 is 121 Å². The zero-order chi connectivity index (χ0) is 50.5. The molecule has 0 radical (unpaired) electrons. The number of hydrogen-bond acceptors (Lipinski definition) is 3. The van der Waals surface area contributed by atoms with Crippen LogP contribution in [-0.4, -0.2) is 21.1 Å². The minimum Gasteiger partial charge on any atom is -0.255 e. The van der Waals surface area contributed by atoms with Crippen LogP contribution in [-0.2, 0) is 0 Å². The lowest BCUT2D eigenvalue weighted by molar-refractivity contribution is 1.37. The number of thiophene rings is 2. The molecule has 0 spiro atoms. The Morgan fingerprint density at radius 2 is 0.618 bits per heavy atom. The van der Waals surface area contributed by atoms with Gasteiger partial charge in [0.1, 0.15) is 0 Å². The summed E-state index contributed by atoms with van der Waals surface area (Å²) in [7, 11) is -5.79. The largest absolute Gasteiger partial charge is 0.255 e. The van der Waals surface area contributed by atoms with Crippen LogP contribution in [0.4, 0.5) is 0 Å². The Bertz CT molecular complexity index is 4020. The molecule has 0 aliphatic rings. The lowest BCUT2D eigenvalue weighted by Gasteiger charge is -2.35. The molecule has 5 heteroatoms. The van der Waals surface area contributed by atoms with Gasteiger partial charge in [-0.2, -0.15) is 0 Å². The topological polar surface area (TPSA) is 12.9 Å². The molecule has 76 heavy (non-hydrogen) atoms. The average molecular weight is 1040 g/mol. The van der Waals surface area contributed by atoms with E-state index in [4.69, 9.17) is 4.98 Å². The fraction of sp³-hybridized carbons (Fsp3) is 0.